The standard InChI is InChI=1S/C8H13ClN2O/c1-7(9)8(12)11-5-3-10(2)4-6-11/h1,3-6H2,2H3. The number of piperazine rings is 1. The van der Waals surface area contributed by atoms with E-state index in [1.54, 1.807) is 4.90 Å². The Labute approximate surface area is 77.6 Å². The van der Waals surface area contributed by atoms with Crippen LogP contribution in [0.25, 0.3) is 0 Å². The number of carbonyl (C=O) groups excluding carboxylic acids is 1. The normalized spacial score (nSPS) is 19.3. The van der Waals surface area contributed by atoms with Gasteiger partial charge in [0.1, 0.15) is 0 Å². The minimum atomic E-state index is -0.134. The molecular weight excluding hydrogens is 176 g/mol. The van der Waals surface area contributed by atoms with Crippen molar-refractivity contribution in [3.05, 3.63) is 11.6 Å². The fourth-order valence-electron chi connectivity index (χ4n) is 1.18. The smallest absolute Gasteiger partial charge is 0.264 e. The minimum absolute atomic E-state index is 0.111. The second-order valence-corrected chi connectivity index (χ2v) is 3.46. The Kier molecular flexibility index (Phi) is 3.12. The van der Waals surface area contributed by atoms with Crippen LogP contribution in [-0.2, 0) is 4.79 Å². The van der Waals surface area contributed by atoms with E-state index in [9.17, 15) is 4.79 Å². The molecule has 1 aliphatic rings. The number of amides is 1. The summed E-state index contributed by atoms with van der Waals surface area (Å²) in [5, 5.41) is 0.111. The lowest BCUT2D eigenvalue weighted by Crippen LogP contribution is -2.47. The van der Waals surface area contributed by atoms with Crippen LogP contribution in [0.4, 0.5) is 0 Å². The average molecular weight is 189 g/mol. The molecule has 12 heavy (non-hydrogen) atoms. The molecular formula is C8H13ClN2O. The van der Waals surface area contributed by atoms with Gasteiger partial charge in [-0.05, 0) is 7.05 Å². The second kappa shape index (κ2) is 3.92. The molecule has 1 heterocycles. The van der Waals surface area contributed by atoms with E-state index < -0.39 is 0 Å². The molecule has 0 N–H and O–H groups in total. The number of carbonyl (C=O) groups is 1. The van der Waals surface area contributed by atoms with Gasteiger partial charge in [0, 0.05) is 26.2 Å². The van der Waals surface area contributed by atoms with Crippen LogP contribution in [0.15, 0.2) is 11.6 Å². The zero-order chi connectivity index (χ0) is 9.14. The van der Waals surface area contributed by atoms with Gasteiger partial charge in [-0.15, -0.1) is 0 Å². The maximum absolute atomic E-state index is 11.3. The zero-order valence-corrected chi connectivity index (χ0v) is 7.97. The first-order chi connectivity index (χ1) is 5.61. The molecule has 1 rings (SSSR count). The summed E-state index contributed by atoms with van der Waals surface area (Å²) < 4.78 is 0. The highest BCUT2D eigenvalue weighted by Gasteiger charge is 2.19. The number of halogens is 1. The number of nitrogens with zero attached hydrogens (tertiary/aromatic N) is 2. The largest absolute Gasteiger partial charge is 0.335 e. The highest BCUT2D eigenvalue weighted by molar-refractivity contribution is 6.41. The lowest BCUT2D eigenvalue weighted by molar-refractivity contribution is -0.127. The number of likely N-dealkylation sites (N-methyl/N-ethyl adjacent to an activating group) is 1. The van der Waals surface area contributed by atoms with Gasteiger partial charge in [-0.2, -0.15) is 0 Å². The van der Waals surface area contributed by atoms with Gasteiger partial charge in [0.05, 0.1) is 5.03 Å². The van der Waals surface area contributed by atoms with Crippen LogP contribution >= 0.6 is 11.6 Å². The molecule has 0 unspecified atom stereocenters. The number of hydrogen-bond acceptors (Lipinski definition) is 2. The lowest BCUT2D eigenvalue weighted by atomic mass is 10.3. The summed E-state index contributed by atoms with van der Waals surface area (Å²) in [5.74, 6) is -0.134. The first kappa shape index (κ1) is 9.55. The van der Waals surface area contributed by atoms with Gasteiger partial charge in [0.15, 0.2) is 0 Å². The monoisotopic (exact) mass is 188 g/mol. The fraction of sp³-hybridized carbons (Fsp3) is 0.625. The molecule has 4 heteroatoms. The Morgan fingerprint density at radius 3 is 2.25 bits per heavy atom. The Morgan fingerprint density at radius 2 is 1.83 bits per heavy atom. The average Bonchev–Trinajstić information content (AvgIpc) is 2.04. The molecule has 1 saturated heterocycles. The van der Waals surface area contributed by atoms with Crippen molar-refractivity contribution in [1.82, 2.24) is 9.80 Å². The Bertz CT molecular complexity index is 197. The van der Waals surface area contributed by atoms with E-state index in [4.69, 9.17) is 11.6 Å². The number of rotatable bonds is 1. The van der Waals surface area contributed by atoms with Gasteiger partial charge in [-0.3, -0.25) is 4.79 Å². The van der Waals surface area contributed by atoms with E-state index in [0.29, 0.717) is 0 Å². The van der Waals surface area contributed by atoms with Gasteiger partial charge in [-0.1, -0.05) is 18.2 Å². The quantitative estimate of drug-likeness (QED) is 0.560. The molecule has 0 spiro atoms. The topological polar surface area (TPSA) is 23.6 Å². The lowest BCUT2D eigenvalue weighted by Gasteiger charge is -2.32. The van der Waals surface area contributed by atoms with Gasteiger partial charge in [-0.25, -0.2) is 0 Å². The van der Waals surface area contributed by atoms with Crippen LogP contribution in [0, 0.1) is 0 Å². The molecule has 1 amide bonds. The van der Waals surface area contributed by atoms with Crippen LogP contribution < -0.4 is 0 Å². The maximum Gasteiger partial charge on any atom is 0.264 e. The molecule has 68 valence electrons. The molecule has 3 nitrogen and oxygen atoms in total. The Balaban J connectivity index is 2.44. The Hall–Kier alpha value is -0.540. The Morgan fingerprint density at radius 1 is 1.33 bits per heavy atom. The third-order valence-corrected chi connectivity index (χ3v) is 2.18. The summed E-state index contributed by atoms with van der Waals surface area (Å²) in [6.07, 6.45) is 0. The maximum atomic E-state index is 11.3. The summed E-state index contributed by atoms with van der Waals surface area (Å²) in [7, 11) is 2.04. The molecule has 0 atom stereocenters. The summed E-state index contributed by atoms with van der Waals surface area (Å²) in [4.78, 5) is 15.2. The van der Waals surface area contributed by atoms with Crippen LogP contribution in [0.3, 0.4) is 0 Å². The molecule has 0 bridgehead atoms. The van der Waals surface area contributed by atoms with Crippen LogP contribution in [0.2, 0.25) is 0 Å². The second-order valence-electron chi connectivity index (χ2n) is 3.00. The number of hydrogen-bond donors (Lipinski definition) is 0. The predicted octanol–water partition coefficient (Wildman–Crippen LogP) is 0.513. The van der Waals surface area contributed by atoms with E-state index in [1.807, 2.05) is 7.05 Å². The molecule has 0 radical (unpaired) electrons. The van der Waals surface area contributed by atoms with Crippen molar-refractivity contribution in [2.75, 3.05) is 33.2 Å². The molecule has 0 aromatic carbocycles. The van der Waals surface area contributed by atoms with E-state index in [2.05, 4.69) is 11.5 Å². The third-order valence-electron chi connectivity index (χ3n) is 2.02. The highest BCUT2D eigenvalue weighted by atomic mass is 35.5. The van der Waals surface area contributed by atoms with Crippen molar-refractivity contribution in [1.29, 1.82) is 0 Å². The van der Waals surface area contributed by atoms with E-state index in [0.717, 1.165) is 26.2 Å². The van der Waals surface area contributed by atoms with Gasteiger partial charge in [0.25, 0.3) is 5.91 Å². The van der Waals surface area contributed by atoms with Crippen LogP contribution in [0.5, 0.6) is 0 Å². The van der Waals surface area contributed by atoms with Gasteiger partial charge in [0.2, 0.25) is 0 Å². The fourth-order valence-corrected chi connectivity index (χ4v) is 1.30. The van der Waals surface area contributed by atoms with Crippen molar-refractivity contribution in [2.24, 2.45) is 0 Å². The molecule has 0 saturated carbocycles. The summed E-state index contributed by atoms with van der Waals surface area (Å²) >= 11 is 5.50. The predicted molar refractivity (Wildman–Crippen MR) is 49.1 cm³/mol. The minimum Gasteiger partial charge on any atom is -0.335 e. The molecule has 0 aromatic rings. The van der Waals surface area contributed by atoms with Crippen molar-refractivity contribution < 1.29 is 4.79 Å². The highest BCUT2D eigenvalue weighted by Crippen LogP contribution is 2.06. The molecule has 0 aromatic heterocycles. The SMILES string of the molecule is C=C(Cl)C(=O)N1CCN(C)CC1. The summed E-state index contributed by atoms with van der Waals surface area (Å²) in [6.45, 7) is 6.74. The molecule has 1 aliphatic heterocycles. The first-order valence-corrected chi connectivity index (χ1v) is 4.31. The summed E-state index contributed by atoms with van der Waals surface area (Å²) in [5.41, 5.74) is 0. The molecule has 1 fully saturated rings. The molecule has 0 aliphatic carbocycles. The third kappa shape index (κ3) is 2.22. The van der Waals surface area contributed by atoms with Crippen molar-refractivity contribution >= 4 is 17.5 Å². The first-order valence-electron chi connectivity index (χ1n) is 3.93. The van der Waals surface area contributed by atoms with E-state index in [-0.39, 0.29) is 10.9 Å². The van der Waals surface area contributed by atoms with Gasteiger partial charge >= 0.3 is 0 Å². The van der Waals surface area contributed by atoms with Crippen molar-refractivity contribution in [3.8, 4) is 0 Å². The van der Waals surface area contributed by atoms with Gasteiger partial charge < -0.3 is 9.80 Å². The summed E-state index contributed by atoms with van der Waals surface area (Å²) in [6, 6.07) is 0. The van der Waals surface area contributed by atoms with E-state index >= 15 is 0 Å². The van der Waals surface area contributed by atoms with Crippen LogP contribution in [0.1, 0.15) is 0 Å². The van der Waals surface area contributed by atoms with Crippen LogP contribution in [-0.4, -0.2) is 48.9 Å². The van der Waals surface area contributed by atoms with E-state index in [1.165, 1.54) is 0 Å². The zero-order valence-electron chi connectivity index (χ0n) is 7.22. The van der Waals surface area contributed by atoms with Crippen molar-refractivity contribution in [2.45, 2.75) is 0 Å². The van der Waals surface area contributed by atoms with Crippen molar-refractivity contribution in [3.63, 3.8) is 0 Å².